The van der Waals surface area contributed by atoms with Gasteiger partial charge in [-0.3, -0.25) is 4.79 Å². The Kier molecular flexibility index (Phi) is 3.66. The first kappa shape index (κ1) is 12.6. The van der Waals surface area contributed by atoms with Crippen LogP contribution >= 0.6 is 22.9 Å². The minimum atomic E-state index is -0.256. The van der Waals surface area contributed by atoms with Crippen molar-refractivity contribution in [2.24, 2.45) is 0 Å². The summed E-state index contributed by atoms with van der Waals surface area (Å²) in [5, 5.41) is 13.8. The fourth-order valence-corrected chi connectivity index (χ4v) is 2.50. The van der Waals surface area contributed by atoms with Crippen LogP contribution in [-0.4, -0.2) is 5.91 Å². The van der Waals surface area contributed by atoms with Crippen molar-refractivity contribution in [2.45, 2.75) is 6.92 Å². The standard InChI is InChI=1S/C13H9ClN2OS/c1-8-2-3-9(7-15)6-11(8)16-13(17)12-10(14)4-5-18-12/h2-6H,1H3,(H,16,17). The van der Waals surface area contributed by atoms with Crippen LogP contribution < -0.4 is 5.32 Å². The summed E-state index contributed by atoms with van der Waals surface area (Å²) in [5.41, 5.74) is 2.03. The molecule has 1 N–H and O–H groups in total. The molecule has 1 amide bonds. The summed E-state index contributed by atoms with van der Waals surface area (Å²) in [6, 6.07) is 8.87. The fraction of sp³-hybridized carbons (Fsp3) is 0.0769. The van der Waals surface area contributed by atoms with Gasteiger partial charge >= 0.3 is 0 Å². The zero-order chi connectivity index (χ0) is 13.1. The normalized spacial score (nSPS) is 9.83. The first-order valence-corrected chi connectivity index (χ1v) is 6.42. The molecule has 18 heavy (non-hydrogen) atoms. The number of nitrogens with zero attached hydrogens (tertiary/aromatic N) is 1. The molecule has 0 saturated carbocycles. The third kappa shape index (κ3) is 2.53. The number of halogens is 1. The maximum absolute atomic E-state index is 12.0. The number of hydrogen-bond donors (Lipinski definition) is 1. The van der Waals surface area contributed by atoms with Gasteiger partial charge in [0.25, 0.3) is 5.91 Å². The predicted molar refractivity (Wildman–Crippen MR) is 73.2 cm³/mol. The first-order chi connectivity index (χ1) is 8.61. The van der Waals surface area contributed by atoms with Crippen LogP contribution in [0.5, 0.6) is 0 Å². The number of nitrogens with one attached hydrogen (secondary N) is 1. The van der Waals surface area contributed by atoms with E-state index in [9.17, 15) is 4.79 Å². The summed E-state index contributed by atoms with van der Waals surface area (Å²) in [5.74, 6) is -0.256. The van der Waals surface area contributed by atoms with Crippen LogP contribution in [0.3, 0.4) is 0 Å². The molecule has 0 radical (unpaired) electrons. The molecule has 2 aromatic rings. The number of aryl methyl sites for hydroxylation is 1. The zero-order valence-electron chi connectivity index (χ0n) is 9.53. The van der Waals surface area contributed by atoms with E-state index >= 15 is 0 Å². The van der Waals surface area contributed by atoms with Gasteiger partial charge in [0.1, 0.15) is 4.88 Å². The van der Waals surface area contributed by atoms with Crippen LogP contribution in [0.4, 0.5) is 5.69 Å². The SMILES string of the molecule is Cc1ccc(C#N)cc1NC(=O)c1sccc1Cl. The van der Waals surface area contributed by atoms with Gasteiger partial charge in [-0.05, 0) is 36.1 Å². The Labute approximate surface area is 114 Å². The lowest BCUT2D eigenvalue weighted by Gasteiger charge is -2.07. The molecule has 0 atom stereocenters. The molecule has 90 valence electrons. The summed E-state index contributed by atoms with van der Waals surface area (Å²) in [6.07, 6.45) is 0. The Morgan fingerprint density at radius 2 is 2.22 bits per heavy atom. The highest BCUT2D eigenvalue weighted by molar-refractivity contribution is 7.12. The summed E-state index contributed by atoms with van der Waals surface area (Å²) < 4.78 is 0. The van der Waals surface area contributed by atoms with Gasteiger partial charge in [-0.1, -0.05) is 17.7 Å². The predicted octanol–water partition coefficient (Wildman–Crippen LogP) is 3.83. The number of benzene rings is 1. The Hall–Kier alpha value is -1.83. The van der Waals surface area contributed by atoms with Crippen molar-refractivity contribution in [2.75, 3.05) is 5.32 Å². The lowest BCUT2D eigenvalue weighted by atomic mass is 10.1. The minimum Gasteiger partial charge on any atom is -0.321 e. The average molecular weight is 277 g/mol. The molecule has 0 saturated heterocycles. The van der Waals surface area contributed by atoms with Gasteiger partial charge in [-0.2, -0.15) is 5.26 Å². The van der Waals surface area contributed by atoms with Crippen molar-refractivity contribution in [1.82, 2.24) is 0 Å². The van der Waals surface area contributed by atoms with E-state index in [0.717, 1.165) is 5.56 Å². The second-order valence-corrected chi connectivity index (χ2v) is 5.02. The Morgan fingerprint density at radius 3 is 2.83 bits per heavy atom. The molecule has 0 aliphatic heterocycles. The molecular formula is C13H9ClN2OS. The maximum Gasteiger partial charge on any atom is 0.267 e. The molecule has 0 fully saturated rings. The second kappa shape index (κ2) is 5.21. The molecule has 1 aromatic carbocycles. The van der Waals surface area contributed by atoms with Crippen molar-refractivity contribution in [3.05, 3.63) is 50.7 Å². The third-order valence-corrected chi connectivity index (χ3v) is 3.78. The van der Waals surface area contributed by atoms with E-state index in [0.29, 0.717) is 21.2 Å². The number of anilines is 1. The molecule has 2 rings (SSSR count). The van der Waals surface area contributed by atoms with Crippen LogP contribution in [0.15, 0.2) is 29.6 Å². The summed E-state index contributed by atoms with van der Waals surface area (Å²) in [4.78, 5) is 12.5. The largest absolute Gasteiger partial charge is 0.321 e. The van der Waals surface area contributed by atoms with Gasteiger partial charge in [0.2, 0.25) is 0 Å². The minimum absolute atomic E-state index is 0.256. The number of carbonyl (C=O) groups is 1. The summed E-state index contributed by atoms with van der Waals surface area (Å²) >= 11 is 7.18. The highest BCUT2D eigenvalue weighted by Crippen LogP contribution is 2.24. The third-order valence-electron chi connectivity index (χ3n) is 2.44. The van der Waals surface area contributed by atoms with Gasteiger partial charge in [0.05, 0.1) is 16.7 Å². The average Bonchev–Trinajstić information content (AvgIpc) is 2.78. The van der Waals surface area contributed by atoms with Crippen LogP contribution in [0.2, 0.25) is 5.02 Å². The van der Waals surface area contributed by atoms with E-state index in [1.165, 1.54) is 11.3 Å². The highest BCUT2D eigenvalue weighted by Gasteiger charge is 2.13. The van der Waals surface area contributed by atoms with Gasteiger partial charge in [-0.25, -0.2) is 0 Å². The molecule has 3 nitrogen and oxygen atoms in total. The molecule has 0 bridgehead atoms. The van der Waals surface area contributed by atoms with E-state index in [1.807, 2.05) is 13.0 Å². The zero-order valence-corrected chi connectivity index (χ0v) is 11.1. The van der Waals surface area contributed by atoms with Gasteiger partial charge in [-0.15, -0.1) is 11.3 Å². The molecule has 1 heterocycles. The molecule has 0 aliphatic rings. The van der Waals surface area contributed by atoms with E-state index in [2.05, 4.69) is 5.32 Å². The molecular weight excluding hydrogens is 268 g/mol. The smallest absolute Gasteiger partial charge is 0.267 e. The van der Waals surface area contributed by atoms with Gasteiger partial charge in [0, 0.05) is 5.69 Å². The lowest BCUT2D eigenvalue weighted by Crippen LogP contribution is -2.11. The Bertz CT molecular complexity index is 643. The van der Waals surface area contributed by atoms with E-state index in [1.54, 1.807) is 29.6 Å². The van der Waals surface area contributed by atoms with Crippen LogP contribution in [0, 0.1) is 18.3 Å². The van der Waals surface area contributed by atoms with Crippen LogP contribution in [0.25, 0.3) is 0 Å². The van der Waals surface area contributed by atoms with E-state index in [-0.39, 0.29) is 5.91 Å². The fourth-order valence-electron chi connectivity index (χ4n) is 1.46. The molecule has 0 spiro atoms. The van der Waals surface area contributed by atoms with Crippen LogP contribution in [-0.2, 0) is 0 Å². The van der Waals surface area contributed by atoms with E-state index in [4.69, 9.17) is 16.9 Å². The van der Waals surface area contributed by atoms with Crippen molar-refractivity contribution in [1.29, 1.82) is 5.26 Å². The van der Waals surface area contributed by atoms with Gasteiger partial charge < -0.3 is 5.32 Å². The van der Waals surface area contributed by atoms with Crippen molar-refractivity contribution >= 4 is 34.5 Å². The van der Waals surface area contributed by atoms with Gasteiger partial charge in [0.15, 0.2) is 0 Å². The number of thiophene rings is 1. The Morgan fingerprint density at radius 1 is 1.44 bits per heavy atom. The lowest BCUT2D eigenvalue weighted by molar-refractivity contribution is 0.103. The summed E-state index contributed by atoms with van der Waals surface area (Å²) in [7, 11) is 0. The number of nitriles is 1. The van der Waals surface area contributed by atoms with E-state index < -0.39 is 0 Å². The Balaban J connectivity index is 2.27. The van der Waals surface area contributed by atoms with Crippen molar-refractivity contribution < 1.29 is 4.79 Å². The number of hydrogen-bond acceptors (Lipinski definition) is 3. The first-order valence-electron chi connectivity index (χ1n) is 5.17. The highest BCUT2D eigenvalue weighted by atomic mass is 35.5. The van der Waals surface area contributed by atoms with Crippen molar-refractivity contribution in [3.8, 4) is 6.07 Å². The van der Waals surface area contributed by atoms with Crippen LogP contribution in [0.1, 0.15) is 20.8 Å². The number of carbonyl (C=O) groups excluding carboxylic acids is 1. The number of amides is 1. The van der Waals surface area contributed by atoms with Crippen molar-refractivity contribution in [3.63, 3.8) is 0 Å². The second-order valence-electron chi connectivity index (χ2n) is 3.69. The monoisotopic (exact) mass is 276 g/mol. The molecule has 5 heteroatoms. The molecule has 1 aromatic heterocycles. The summed E-state index contributed by atoms with van der Waals surface area (Å²) in [6.45, 7) is 1.87. The topological polar surface area (TPSA) is 52.9 Å². The number of rotatable bonds is 2. The molecule has 0 unspecified atom stereocenters. The maximum atomic E-state index is 12.0. The quantitative estimate of drug-likeness (QED) is 0.906. The molecule has 0 aliphatic carbocycles.